The molecule has 0 N–H and O–H groups in total. The van der Waals surface area contributed by atoms with E-state index in [1.165, 1.54) is 60.1 Å². The van der Waals surface area contributed by atoms with Crippen LogP contribution in [0.25, 0.3) is 0 Å². The van der Waals surface area contributed by atoms with Gasteiger partial charge in [-0.25, -0.2) is 0 Å². The van der Waals surface area contributed by atoms with Gasteiger partial charge in [-0.2, -0.15) is 5.06 Å². The number of rotatable bonds is 11. The summed E-state index contributed by atoms with van der Waals surface area (Å²) in [5.41, 5.74) is 4.37. The van der Waals surface area contributed by atoms with Crippen molar-refractivity contribution in [1.29, 1.82) is 0 Å². The van der Waals surface area contributed by atoms with Gasteiger partial charge in [-0.3, -0.25) is 14.4 Å². The fraction of sp³-hybridized carbons (Fsp3) is 0.459. The molecule has 0 saturated heterocycles. The monoisotopic (exact) mass is 601 g/mol. The second kappa shape index (κ2) is 14.6. The van der Waals surface area contributed by atoms with Crippen LogP contribution in [0, 0.1) is 0 Å². The minimum absolute atomic E-state index is 0.0103. The molecule has 6 heteroatoms. The predicted molar refractivity (Wildman–Crippen MR) is 178 cm³/mol. The summed E-state index contributed by atoms with van der Waals surface area (Å²) in [6.45, 7) is 10.6. The van der Waals surface area contributed by atoms with E-state index in [2.05, 4.69) is 57.2 Å². The van der Waals surface area contributed by atoms with Crippen molar-refractivity contribution in [2.24, 2.45) is 0 Å². The number of nitrogens with zero attached hydrogens (tertiary/aromatic N) is 1. The number of anilines is 1. The van der Waals surface area contributed by atoms with E-state index in [0.717, 1.165) is 22.6 Å². The predicted octanol–water partition coefficient (Wildman–Crippen LogP) is 8.79. The van der Waals surface area contributed by atoms with Crippen LogP contribution in [0.1, 0.15) is 94.9 Å². The lowest BCUT2D eigenvalue weighted by Crippen LogP contribution is -2.46. The van der Waals surface area contributed by atoms with Gasteiger partial charge in [0.15, 0.2) is 5.12 Å². The lowest BCUT2D eigenvalue weighted by atomic mass is 9.75. The second-order valence-electron chi connectivity index (χ2n) is 12.9. The van der Waals surface area contributed by atoms with Gasteiger partial charge in [-0.05, 0) is 84.0 Å². The van der Waals surface area contributed by atoms with E-state index in [4.69, 9.17) is 9.57 Å². The van der Waals surface area contributed by atoms with Gasteiger partial charge < -0.3 is 4.74 Å². The number of carbonyl (C=O) groups is 2. The van der Waals surface area contributed by atoms with Crippen molar-refractivity contribution >= 4 is 28.5 Å². The van der Waals surface area contributed by atoms with E-state index < -0.39 is 5.41 Å². The average molecular weight is 602 g/mol. The van der Waals surface area contributed by atoms with Gasteiger partial charge in [-0.15, -0.1) is 0 Å². The molecular formula is C37H47NO4S. The average Bonchev–Trinajstić information content (AvgIpc) is 3.00. The summed E-state index contributed by atoms with van der Waals surface area (Å²) in [7, 11) is 1.56. The van der Waals surface area contributed by atoms with Crippen LogP contribution in [0.5, 0.6) is 5.75 Å². The Morgan fingerprint density at radius 3 is 2.00 bits per heavy atom. The molecule has 3 aromatic carbocycles. The zero-order chi connectivity index (χ0) is 31.0. The molecule has 1 fully saturated rings. The quantitative estimate of drug-likeness (QED) is 0.162. The van der Waals surface area contributed by atoms with Crippen molar-refractivity contribution in [2.75, 3.05) is 24.5 Å². The topological polar surface area (TPSA) is 55.8 Å². The summed E-state index contributed by atoms with van der Waals surface area (Å²) in [5, 5.41) is 1.54. The van der Waals surface area contributed by atoms with Crippen LogP contribution in [0.4, 0.5) is 5.69 Å². The normalized spacial score (nSPS) is 15.5. The zero-order valence-electron chi connectivity index (χ0n) is 26.7. The Kier molecular flexibility index (Phi) is 11.1. The number of carbonyl (C=O) groups excluding carboxylic acids is 2. The van der Waals surface area contributed by atoms with Gasteiger partial charge >= 0.3 is 0 Å². The Bertz CT molecular complexity index is 1340. The minimum atomic E-state index is -0.894. The third-order valence-electron chi connectivity index (χ3n) is 8.57. The van der Waals surface area contributed by atoms with Crippen LogP contribution in [0.3, 0.4) is 0 Å². The van der Waals surface area contributed by atoms with E-state index in [9.17, 15) is 9.59 Å². The van der Waals surface area contributed by atoms with Crippen LogP contribution in [-0.4, -0.2) is 30.5 Å². The van der Waals surface area contributed by atoms with E-state index in [1.54, 1.807) is 14.0 Å². The smallest absolute Gasteiger partial charge is 0.261 e. The van der Waals surface area contributed by atoms with Gasteiger partial charge in [0, 0.05) is 12.7 Å². The van der Waals surface area contributed by atoms with Gasteiger partial charge in [-0.1, -0.05) is 100 Å². The highest BCUT2D eigenvalue weighted by atomic mass is 32.2. The van der Waals surface area contributed by atoms with E-state index in [-0.39, 0.29) is 16.4 Å². The molecule has 230 valence electrons. The van der Waals surface area contributed by atoms with Gasteiger partial charge in [0.1, 0.15) is 5.75 Å². The molecule has 0 spiro atoms. The maximum atomic E-state index is 14.5. The fourth-order valence-corrected chi connectivity index (χ4v) is 6.40. The van der Waals surface area contributed by atoms with E-state index >= 15 is 0 Å². The zero-order valence-corrected chi connectivity index (χ0v) is 27.5. The molecule has 0 aliphatic heterocycles. The molecule has 1 atom stereocenters. The standard InChI is InChI=1S/C37H47NO4S/c1-27(39)43-25-24-42-34-22-12-28(13-23-34)26-37(5,32-18-16-31(17-19-32)36(2,3)4)35(40)38(41-6)33-20-14-30(15-21-33)29-10-8-7-9-11-29/h12-23,29H,7-11,24-26H2,1-6H3. The first kappa shape index (κ1) is 32.8. The van der Waals surface area contributed by atoms with Crippen LogP contribution in [0.2, 0.25) is 0 Å². The molecular weight excluding hydrogens is 554 g/mol. The lowest BCUT2D eigenvalue weighted by molar-refractivity contribution is -0.130. The Labute approximate surface area is 262 Å². The first-order valence-corrected chi connectivity index (χ1v) is 16.4. The third-order valence-corrected chi connectivity index (χ3v) is 9.35. The Morgan fingerprint density at radius 2 is 1.44 bits per heavy atom. The first-order chi connectivity index (χ1) is 20.5. The summed E-state index contributed by atoms with van der Waals surface area (Å²) < 4.78 is 5.82. The number of amides is 1. The van der Waals surface area contributed by atoms with Crippen LogP contribution < -0.4 is 9.80 Å². The molecule has 0 aromatic heterocycles. The van der Waals surface area contributed by atoms with Gasteiger partial charge in [0.25, 0.3) is 5.91 Å². The summed E-state index contributed by atoms with van der Waals surface area (Å²) in [5.74, 6) is 1.83. The molecule has 5 nitrogen and oxygen atoms in total. The molecule has 1 aliphatic carbocycles. The number of benzene rings is 3. The SMILES string of the molecule is CON(C(=O)C(C)(Cc1ccc(OCCSC(C)=O)cc1)c1ccc(C(C)(C)C)cc1)c1ccc(C2CCCCC2)cc1. The molecule has 1 unspecified atom stereocenters. The second-order valence-corrected chi connectivity index (χ2v) is 14.1. The summed E-state index contributed by atoms with van der Waals surface area (Å²) in [4.78, 5) is 31.5. The maximum absolute atomic E-state index is 14.5. The Balaban J connectivity index is 1.60. The van der Waals surface area contributed by atoms with Crippen LogP contribution in [-0.2, 0) is 31.7 Å². The number of ether oxygens (including phenoxy) is 1. The molecule has 0 heterocycles. The molecule has 3 aromatic rings. The molecule has 1 saturated carbocycles. The van der Waals surface area contributed by atoms with E-state index in [0.29, 0.717) is 24.7 Å². The summed E-state index contributed by atoms with van der Waals surface area (Å²) in [6, 6.07) is 24.7. The largest absolute Gasteiger partial charge is 0.493 e. The number of hydroxylamine groups is 1. The third kappa shape index (κ3) is 8.51. The Hall–Kier alpha value is -3.09. The number of thioether (sulfide) groups is 1. The van der Waals surface area contributed by atoms with Crippen LogP contribution in [0.15, 0.2) is 72.8 Å². The molecule has 0 bridgehead atoms. The molecule has 43 heavy (non-hydrogen) atoms. The number of hydrogen-bond donors (Lipinski definition) is 0. The van der Waals surface area contributed by atoms with Crippen molar-refractivity contribution in [3.8, 4) is 5.75 Å². The van der Waals surface area contributed by atoms with Crippen molar-refractivity contribution in [1.82, 2.24) is 0 Å². The lowest BCUT2D eigenvalue weighted by Gasteiger charge is -2.34. The minimum Gasteiger partial charge on any atom is -0.493 e. The molecule has 4 rings (SSSR count). The Morgan fingerprint density at radius 1 is 0.837 bits per heavy atom. The van der Waals surface area contributed by atoms with Gasteiger partial charge in [0.2, 0.25) is 0 Å². The van der Waals surface area contributed by atoms with Crippen LogP contribution >= 0.6 is 11.8 Å². The van der Waals surface area contributed by atoms with Gasteiger partial charge in [0.05, 0.1) is 24.8 Å². The van der Waals surface area contributed by atoms with E-state index in [1.807, 2.05) is 43.3 Å². The molecule has 1 aliphatic rings. The first-order valence-electron chi connectivity index (χ1n) is 15.5. The molecule has 0 radical (unpaired) electrons. The van der Waals surface area contributed by atoms with Crippen molar-refractivity contribution in [3.05, 3.63) is 95.1 Å². The molecule has 1 amide bonds. The highest BCUT2D eigenvalue weighted by Crippen LogP contribution is 2.37. The highest BCUT2D eigenvalue weighted by molar-refractivity contribution is 8.13. The maximum Gasteiger partial charge on any atom is 0.261 e. The van der Waals surface area contributed by atoms with Crippen molar-refractivity contribution in [3.63, 3.8) is 0 Å². The van der Waals surface area contributed by atoms with Crippen molar-refractivity contribution in [2.45, 2.75) is 89.9 Å². The number of hydrogen-bond acceptors (Lipinski definition) is 5. The fourth-order valence-electron chi connectivity index (χ4n) is 5.94. The highest BCUT2D eigenvalue weighted by Gasteiger charge is 2.40. The summed E-state index contributed by atoms with van der Waals surface area (Å²) >= 11 is 1.26. The van der Waals surface area contributed by atoms with Crippen molar-refractivity contribution < 1.29 is 19.2 Å². The summed E-state index contributed by atoms with van der Waals surface area (Å²) in [6.07, 6.45) is 6.85.